The summed E-state index contributed by atoms with van der Waals surface area (Å²) < 4.78 is 0. The van der Waals surface area contributed by atoms with Crippen LogP contribution in [0.2, 0.25) is 0 Å². The zero-order chi connectivity index (χ0) is 15.8. The maximum atomic E-state index is 12.2. The molecule has 0 bridgehead atoms. The van der Waals surface area contributed by atoms with Gasteiger partial charge < -0.3 is 16.4 Å². The molecule has 0 aliphatic carbocycles. The van der Waals surface area contributed by atoms with E-state index in [1.165, 1.54) is 11.8 Å². The van der Waals surface area contributed by atoms with Crippen molar-refractivity contribution in [1.29, 1.82) is 0 Å². The molecule has 7 heteroatoms. The molecule has 4 N–H and O–H groups in total. The number of carbonyl (C=O) groups excluding carboxylic acids is 2. The van der Waals surface area contributed by atoms with Gasteiger partial charge in [0.2, 0.25) is 5.91 Å². The van der Waals surface area contributed by atoms with Gasteiger partial charge in [-0.25, -0.2) is 0 Å². The Labute approximate surface area is 142 Å². The summed E-state index contributed by atoms with van der Waals surface area (Å²) in [4.78, 5) is 24.6. The van der Waals surface area contributed by atoms with Crippen LogP contribution >= 0.6 is 24.2 Å². The van der Waals surface area contributed by atoms with Crippen LogP contribution in [0.3, 0.4) is 0 Å². The minimum atomic E-state index is -0.166. The number of carbonyl (C=O) groups is 2. The van der Waals surface area contributed by atoms with E-state index < -0.39 is 0 Å². The molecule has 1 aromatic rings. The summed E-state index contributed by atoms with van der Waals surface area (Å²) >= 11 is 1.36. The van der Waals surface area contributed by atoms with Gasteiger partial charge in [0.05, 0.1) is 11.3 Å². The average Bonchev–Trinajstić information content (AvgIpc) is 2.44. The standard InChI is InChI=1S/C15H23N3O2S.ClH/c1-10(2)17-14(19)9-21-13-7-5-4-6-12(13)15(20)18-11(3)8-16;/h4-7,10-11H,8-9,16H2,1-3H3,(H,17,19)(H,18,20);1H/t11-;/m0./s1. The molecule has 0 aromatic heterocycles. The molecule has 0 saturated heterocycles. The maximum absolute atomic E-state index is 12.2. The predicted molar refractivity (Wildman–Crippen MR) is 93.7 cm³/mol. The fraction of sp³-hybridized carbons (Fsp3) is 0.467. The average molecular weight is 346 g/mol. The molecule has 22 heavy (non-hydrogen) atoms. The molecule has 0 radical (unpaired) electrons. The van der Waals surface area contributed by atoms with Gasteiger partial charge >= 0.3 is 0 Å². The van der Waals surface area contributed by atoms with Crippen LogP contribution in [0.4, 0.5) is 0 Å². The molecule has 0 fully saturated rings. The predicted octanol–water partition coefficient (Wildman–Crippen LogP) is 1.80. The lowest BCUT2D eigenvalue weighted by Crippen LogP contribution is -2.38. The van der Waals surface area contributed by atoms with Gasteiger partial charge in [0.1, 0.15) is 0 Å². The number of hydrogen-bond donors (Lipinski definition) is 3. The molecule has 1 aromatic carbocycles. The van der Waals surface area contributed by atoms with E-state index in [0.29, 0.717) is 12.1 Å². The van der Waals surface area contributed by atoms with E-state index in [9.17, 15) is 9.59 Å². The molecule has 124 valence electrons. The molecular weight excluding hydrogens is 322 g/mol. The summed E-state index contributed by atoms with van der Waals surface area (Å²) in [7, 11) is 0. The first-order valence-electron chi connectivity index (χ1n) is 6.96. The fourth-order valence-corrected chi connectivity index (χ4v) is 2.51. The smallest absolute Gasteiger partial charge is 0.252 e. The van der Waals surface area contributed by atoms with Gasteiger partial charge in [-0.15, -0.1) is 24.2 Å². The monoisotopic (exact) mass is 345 g/mol. The highest BCUT2D eigenvalue weighted by atomic mass is 35.5. The SMILES string of the molecule is CC(C)NC(=O)CSc1ccccc1C(=O)N[C@@H](C)CN.Cl. The molecule has 0 aliphatic heterocycles. The van der Waals surface area contributed by atoms with Crippen LogP contribution in [0.15, 0.2) is 29.2 Å². The summed E-state index contributed by atoms with van der Waals surface area (Å²) in [6.07, 6.45) is 0. The maximum Gasteiger partial charge on any atom is 0.252 e. The summed E-state index contributed by atoms with van der Waals surface area (Å²) in [5.74, 6) is 0.0791. The van der Waals surface area contributed by atoms with E-state index in [0.717, 1.165) is 4.90 Å². The van der Waals surface area contributed by atoms with E-state index in [1.54, 1.807) is 12.1 Å². The Morgan fingerprint density at radius 3 is 2.41 bits per heavy atom. The third kappa shape index (κ3) is 7.15. The van der Waals surface area contributed by atoms with Crippen LogP contribution in [-0.4, -0.2) is 36.2 Å². The third-order valence-electron chi connectivity index (χ3n) is 2.67. The number of hydrogen-bond acceptors (Lipinski definition) is 4. The Hall–Kier alpha value is -1.24. The first kappa shape index (κ1) is 20.8. The van der Waals surface area contributed by atoms with Gasteiger partial charge in [-0.1, -0.05) is 12.1 Å². The van der Waals surface area contributed by atoms with Crippen molar-refractivity contribution in [2.45, 2.75) is 37.8 Å². The van der Waals surface area contributed by atoms with E-state index in [1.807, 2.05) is 32.9 Å². The lowest BCUT2D eigenvalue weighted by Gasteiger charge is -2.14. The second-order valence-electron chi connectivity index (χ2n) is 5.12. The van der Waals surface area contributed by atoms with Gasteiger partial charge in [-0.3, -0.25) is 9.59 Å². The van der Waals surface area contributed by atoms with Crippen molar-refractivity contribution >= 4 is 36.0 Å². The van der Waals surface area contributed by atoms with Crippen LogP contribution in [0.1, 0.15) is 31.1 Å². The van der Waals surface area contributed by atoms with Crippen molar-refractivity contribution in [1.82, 2.24) is 10.6 Å². The van der Waals surface area contributed by atoms with Gasteiger partial charge in [0.15, 0.2) is 0 Å². The minimum Gasteiger partial charge on any atom is -0.353 e. The molecule has 0 aliphatic rings. The van der Waals surface area contributed by atoms with E-state index >= 15 is 0 Å². The Morgan fingerprint density at radius 1 is 1.18 bits per heavy atom. The highest BCUT2D eigenvalue weighted by molar-refractivity contribution is 8.00. The first-order chi connectivity index (χ1) is 9.93. The number of nitrogens with two attached hydrogens (primary N) is 1. The molecule has 0 heterocycles. The largest absolute Gasteiger partial charge is 0.353 e. The Bertz CT molecular complexity index is 497. The number of halogens is 1. The molecule has 0 saturated carbocycles. The lowest BCUT2D eigenvalue weighted by molar-refractivity contribution is -0.119. The summed E-state index contributed by atoms with van der Waals surface area (Å²) in [6, 6.07) is 7.28. The van der Waals surface area contributed by atoms with Gasteiger partial charge in [-0.05, 0) is 32.9 Å². The van der Waals surface area contributed by atoms with Crippen molar-refractivity contribution in [2.75, 3.05) is 12.3 Å². The number of thioether (sulfide) groups is 1. The van der Waals surface area contributed by atoms with Crippen molar-refractivity contribution in [2.24, 2.45) is 5.73 Å². The topological polar surface area (TPSA) is 84.2 Å². The molecule has 0 unspecified atom stereocenters. The first-order valence-corrected chi connectivity index (χ1v) is 7.94. The summed E-state index contributed by atoms with van der Waals surface area (Å²) in [5, 5.41) is 5.65. The Kier molecular flexibility index (Phi) is 9.89. The molecule has 5 nitrogen and oxygen atoms in total. The van der Waals surface area contributed by atoms with Crippen molar-refractivity contribution in [3.8, 4) is 0 Å². The van der Waals surface area contributed by atoms with Crippen molar-refractivity contribution < 1.29 is 9.59 Å². The van der Waals surface area contributed by atoms with E-state index in [2.05, 4.69) is 10.6 Å². The Balaban J connectivity index is 0.00000441. The summed E-state index contributed by atoms with van der Waals surface area (Å²) in [6.45, 7) is 6.07. The number of benzene rings is 1. The zero-order valence-electron chi connectivity index (χ0n) is 13.1. The van der Waals surface area contributed by atoms with Crippen LogP contribution < -0.4 is 16.4 Å². The van der Waals surface area contributed by atoms with E-state index in [-0.39, 0.29) is 42.1 Å². The Morgan fingerprint density at radius 2 is 1.82 bits per heavy atom. The van der Waals surface area contributed by atoms with Crippen LogP contribution in [0, 0.1) is 0 Å². The van der Waals surface area contributed by atoms with Crippen molar-refractivity contribution in [3.63, 3.8) is 0 Å². The zero-order valence-corrected chi connectivity index (χ0v) is 14.7. The van der Waals surface area contributed by atoms with Gasteiger partial charge in [0, 0.05) is 23.5 Å². The molecule has 1 rings (SSSR count). The van der Waals surface area contributed by atoms with Crippen LogP contribution in [-0.2, 0) is 4.79 Å². The van der Waals surface area contributed by atoms with Crippen molar-refractivity contribution in [3.05, 3.63) is 29.8 Å². The minimum absolute atomic E-state index is 0. The van der Waals surface area contributed by atoms with Crippen LogP contribution in [0.25, 0.3) is 0 Å². The second kappa shape index (κ2) is 10.5. The number of nitrogens with one attached hydrogen (secondary N) is 2. The second-order valence-corrected chi connectivity index (χ2v) is 6.13. The van der Waals surface area contributed by atoms with Gasteiger partial charge in [-0.2, -0.15) is 0 Å². The third-order valence-corrected chi connectivity index (χ3v) is 3.74. The molecule has 0 spiro atoms. The summed E-state index contributed by atoms with van der Waals surface area (Å²) in [5.41, 5.74) is 6.08. The normalized spacial score (nSPS) is 11.5. The number of rotatable bonds is 7. The fourth-order valence-electron chi connectivity index (χ4n) is 1.65. The lowest BCUT2D eigenvalue weighted by atomic mass is 10.2. The number of amides is 2. The van der Waals surface area contributed by atoms with E-state index in [4.69, 9.17) is 5.73 Å². The molecular formula is C15H24ClN3O2S. The highest BCUT2D eigenvalue weighted by Crippen LogP contribution is 2.22. The molecule has 2 amide bonds. The van der Waals surface area contributed by atoms with Gasteiger partial charge in [0.25, 0.3) is 5.91 Å². The van der Waals surface area contributed by atoms with Crippen LogP contribution in [0.5, 0.6) is 0 Å². The molecule has 1 atom stereocenters. The highest BCUT2D eigenvalue weighted by Gasteiger charge is 2.14. The quantitative estimate of drug-likeness (QED) is 0.658.